The highest BCUT2D eigenvalue weighted by atomic mass is 16.5. The van der Waals surface area contributed by atoms with Crippen molar-refractivity contribution >= 4 is 5.82 Å². The van der Waals surface area contributed by atoms with Gasteiger partial charge in [-0.15, -0.1) is 0 Å². The smallest absolute Gasteiger partial charge is 0.142 e. The highest BCUT2D eigenvalue weighted by Gasteiger charge is 2.22. The predicted octanol–water partition coefficient (Wildman–Crippen LogP) is 4.04. The van der Waals surface area contributed by atoms with Gasteiger partial charge < -0.3 is 19.5 Å². The van der Waals surface area contributed by atoms with E-state index in [0.29, 0.717) is 22.6 Å². The highest BCUT2D eigenvalue weighted by Crippen LogP contribution is 2.35. The molecule has 0 saturated carbocycles. The van der Waals surface area contributed by atoms with Gasteiger partial charge >= 0.3 is 0 Å². The van der Waals surface area contributed by atoms with E-state index in [-0.39, 0.29) is 11.9 Å². The second kappa shape index (κ2) is 6.70. The minimum Gasteiger partial charge on any atom is -0.458 e. The molecular formula is C20H20N4O2. The molecule has 1 saturated heterocycles. The zero-order valence-electron chi connectivity index (χ0n) is 14.6. The molecule has 3 aromatic heterocycles. The summed E-state index contributed by atoms with van der Waals surface area (Å²) in [6.45, 7) is 0.754. The maximum absolute atomic E-state index is 9.54. The van der Waals surface area contributed by atoms with Crippen molar-refractivity contribution in [3.8, 4) is 28.7 Å². The molecule has 132 valence electrons. The molecule has 2 N–H and O–H groups in total. The molecule has 1 atom stereocenters. The summed E-state index contributed by atoms with van der Waals surface area (Å²) < 4.78 is 13.8. The second-order valence-corrected chi connectivity index (χ2v) is 6.55. The van der Waals surface area contributed by atoms with Crippen LogP contribution in [-0.4, -0.2) is 16.2 Å². The van der Waals surface area contributed by atoms with Crippen molar-refractivity contribution in [2.24, 2.45) is 7.05 Å². The quantitative estimate of drug-likeness (QED) is 0.771. The maximum Gasteiger partial charge on any atom is 0.142 e. The van der Waals surface area contributed by atoms with Crippen LogP contribution in [0.25, 0.3) is 22.6 Å². The van der Waals surface area contributed by atoms with Gasteiger partial charge in [-0.1, -0.05) is 0 Å². The highest BCUT2D eigenvalue weighted by molar-refractivity contribution is 5.77. The molecule has 26 heavy (non-hydrogen) atoms. The van der Waals surface area contributed by atoms with Gasteiger partial charge in [0.2, 0.25) is 0 Å². The lowest BCUT2D eigenvalue weighted by Gasteiger charge is -2.20. The SMILES string of the molecule is Cn1ccc(-c2cc(-c3ccc([C@@H]4CCCCO4)o3)c(C#N)c(N)n2)c1. The number of nitriles is 1. The Hall–Kier alpha value is -3.04. The average molecular weight is 348 g/mol. The number of hydrogen-bond acceptors (Lipinski definition) is 5. The summed E-state index contributed by atoms with van der Waals surface area (Å²) in [5.74, 6) is 1.60. The van der Waals surface area contributed by atoms with E-state index in [1.807, 2.05) is 48.3 Å². The zero-order valence-corrected chi connectivity index (χ0v) is 14.6. The fourth-order valence-electron chi connectivity index (χ4n) is 3.32. The first-order valence-corrected chi connectivity index (χ1v) is 8.70. The first kappa shape index (κ1) is 16.4. The number of rotatable bonds is 3. The number of nitrogens with two attached hydrogens (primary N) is 1. The van der Waals surface area contributed by atoms with E-state index in [9.17, 15) is 5.26 Å². The monoisotopic (exact) mass is 348 g/mol. The third kappa shape index (κ3) is 2.98. The number of hydrogen-bond donors (Lipinski definition) is 1. The van der Waals surface area contributed by atoms with Crippen LogP contribution in [0.5, 0.6) is 0 Å². The molecule has 4 heterocycles. The molecule has 1 aliphatic heterocycles. The number of anilines is 1. The molecule has 6 nitrogen and oxygen atoms in total. The van der Waals surface area contributed by atoms with Crippen molar-refractivity contribution in [3.63, 3.8) is 0 Å². The first-order valence-electron chi connectivity index (χ1n) is 8.70. The van der Waals surface area contributed by atoms with Crippen LogP contribution in [0, 0.1) is 11.3 Å². The Bertz CT molecular complexity index is 974. The van der Waals surface area contributed by atoms with Crippen LogP contribution in [0.1, 0.15) is 36.7 Å². The summed E-state index contributed by atoms with van der Waals surface area (Å²) in [7, 11) is 1.94. The molecule has 0 unspecified atom stereocenters. The molecule has 0 bridgehead atoms. The van der Waals surface area contributed by atoms with Crippen LogP contribution in [0.2, 0.25) is 0 Å². The van der Waals surface area contributed by atoms with Gasteiger partial charge in [0.25, 0.3) is 0 Å². The standard InChI is InChI=1S/C20H20N4O2/c1-24-8-7-13(12-24)16-10-14(15(11-21)20(22)23-16)17-5-6-19(26-17)18-4-2-3-9-25-18/h5-8,10,12,18H,2-4,9H2,1H3,(H2,22,23)/t18-/m0/s1. The fourth-order valence-corrected chi connectivity index (χ4v) is 3.32. The van der Waals surface area contributed by atoms with E-state index in [2.05, 4.69) is 11.1 Å². The number of furan rings is 1. The number of nitrogens with zero attached hydrogens (tertiary/aromatic N) is 3. The molecule has 0 aromatic carbocycles. The Labute approximate surface area is 151 Å². The minimum atomic E-state index is -0.0178. The average Bonchev–Trinajstić information content (AvgIpc) is 3.31. The number of ether oxygens (including phenoxy) is 1. The van der Waals surface area contributed by atoms with Gasteiger partial charge in [0, 0.05) is 37.2 Å². The summed E-state index contributed by atoms with van der Waals surface area (Å²) in [5, 5.41) is 9.54. The summed E-state index contributed by atoms with van der Waals surface area (Å²) in [5.41, 5.74) is 8.69. The van der Waals surface area contributed by atoms with E-state index < -0.39 is 0 Å². The van der Waals surface area contributed by atoms with Gasteiger partial charge in [-0.2, -0.15) is 5.26 Å². The Morgan fingerprint density at radius 2 is 2.19 bits per heavy atom. The van der Waals surface area contributed by atoms with E-state index in [1.165, 1.54) is 0 Å². The zero-order chi connectivity index (χ0) is 18.1. The summed E-state index contributed by atoms with van der Waals surface area (Å²) >= 11 is 0. The molecule has 0 aliphatic carbocycles. The summed E-state index contributed by atoms with van der Waals surface area (Å²) in [6, 6.07) is 9.76. The van der Waals surface area contributed by atoms with Gasteiger partial charge in [-0.25, -0.2) is 4.98 Å². The van der Waals surface area contributed by atoms with Crippen molar-refractivity contribution in [2.45, 2.75) is 25.4 Å². The molecule has 1 aliphatic rings. The maximum atomic E-state index is 9.54. The van der Waals surface area contributed by atoms with Crippen LogP contribution in [-0.2, 0) is 11.8 Å². The van der Waals surface area contributed by atoms with Crippen molar-refractivity contribution < 1.29 is 9.15 Å². The molecule has 6 heteroatoms. The molecule has 0 amide bonds. The summed E-state index contributed by atoms with van der Waals surface area (Å²) in [6.07, 6.45) is 7.05. The molecule has 1 fully saturated rings. The Balaban J connectivity index is 1.76. The molecule has 0 spiro atoms. The van der Waals surface area contributed by atoms with Crippen molar-refractivity contribution in [3.05, 3.63) is 48.0 Å². The summed E-state index contributed by atoms with van der Waals surface area (Å²) in [4.78, 5) is 4.39. The first-order chi connectivity index (χ1) is 12.7. The van der Waals surface area contributed by atoms with Crippen molar-refractivity contribution in [1.82, 2.24) is 9.55 Å². The lowest BCUT2D eigenvalue weighted by Crippen LogP contribution is -2.10. The third-order valence-corrected chi connectivity index (χ3v) is 4.68. The lowest BCUT2D eigenvalue weighted by molar-refractivity contribution is 0.00222. The van der Waals surface area contributed by atoms with Crippen molar-refractivity contribution in [2.75, 3.05) is 12.3 Å². The Morgan fingerprint density at radius 3 is 2.88 bits per heavy atom. The number of nitrogen functional groups attached to an aromatic ring is 1. The van der Waals surface area contributed by atoms with Crippen molar-refractivity contribution in [1.29, 1.82) is 5.26 Å². The number of aryl methyl sites for hydroxylation is 1. The van der Waals surface area contributed by atoms with Crippen LogP contribution in [0.4, 0.5) is 5.82 Å². The number of pyridine rings is 1. The van der Waals surface area contributed by atoms with Crippen LogP contribution < -0.4 is 5.73 Å². The molecule has 0 radical (unpaired) electrons. The largest absolute Gasteiger partial charge is 0.458 e. The molecule has 3 aromatic rings. The fraction of sp³-hybridized carbons (Fsp3) is 0.300. The normalized spacial score (nSPS) is 17.2. The van der Waals surface area contributed by atoms with Gasteiger partial charge in [0.05, 0.1) is 5.69 Å². The van der Waals surface area contributed by atoms with E-state index in [4.69, 9.17) is 14.9 Å². The minimum absolute atomic E-state index is 0.0178. The predicted molar refractivity (Wildman–Crippen MR) is 98.0 cm³/mol. The van der Waals surface area contributed by atoms with Gasteiger partial charge in [-0.3, -0.25) is 0 Å². The topological polar surface area (TPSA) is 90.0 Å². The van der Waals surface area contributed by atoms with Gasteiger partial charge in [-0.05, 0) is 43.5 Å². The van der Waals surface area contributed by atoms with Crippen LogP contribution in [0.15, 0.2) is 41.1 Å². The number of aromatic nitrogens is 2. The lowest BCUT2D eigenvalue weighted by atomic mass is 10.0. The van der Waals surface area contributed by atoms with Gasteiger partial charge in [0.1, 0.15) is 35.1 Å². The van der Waals surface area contributed by atoms with Crippen LogP contribution >= 0.6 is 0 Å². The second-order valence-electron chi connectivity index (χ2n) is 6.55. The van der Waals surface area contributed by atoms with E-state index >= 15 is 0 Å². The molecular weight excluding hydrogens is 328 g/mol. The van der Waals surface area contributed by atoms with Gasteiger partial charge in [0.15, 0.2) is 0 Å². The third-order valence-electron chi connectivity index (χ3n) is 4.68. The van der Waals surface area contributed by atoms with Crippen LogP contribution in [0.3, 0.4) is 0 Å². The Kier molecular flexibility index (Phi) is 4.23. The Morgan fingerprint density at radius 1 is 1.31 bits per heavy atom. The van der Waals surface area contributed by atoms with E-state index in [0.717, 1.165) is 37.2 Å². The van der Waals surface area contributed by atoms with E-state index in [1.54, 1.807) is 0 Å². The molecule has 4 rings (SSSR count).